The molecule has 0 spiro atoms. The van der Waals surface area contributed by atoms with Gasteiger partial charge in [-0.3, -0.25) is 4.90 Å². The lowest BCUT2D eigenvalue weighted by molar-refractivity contribution is -0.145. The van der Waals surface area contributed by atoms with Crippen LogP contribution in [0.1, 0.15) is 27.2 Å². The van der Waals surface area contributed by atoms with E-state index in [2.05, 4.69) is 20.7 Å². The van der Waals surface area contributed by atoms with E-state index >= 15 is 0 Å². The summed E-state index contributed by atoms with van der Waals surface area (Å²) in [6.07, 6.45) is 0.0705. The molecule has 0 aromatic carbocycles. The number of hydrogen-bond donors (Lipinski definition) is 0. The summed E-state index contributed by atoms with van der Waals surface area (Å²) in [5.41, 5.74) is -0.567. The number of methoxy groups -OCH3 is 1. The first kappa shape index (κ1) is 14.3. The van der Waals surface area contributed by atoms with Gasteiger partial charge >= 0.3 is 12.1 Å². The lowest BCUT2D eigenvalue weighted by atomic mass is 10.2. The molecule has 0 N–H and O–H groups in total. The molecule has 6 heteroatoms. The Morgan fingerprint density at radius 1 is 1.35 bits per heavy atom. The summed E-state index contributed by atoms with van der Waals surface area (Å²) in [7, 11) is 1.32. The quantitative estimate of drug-likeness (QED) is 0.549. The normalized spacial score (nSPS) is 24.6. The first-order chi connectivity index (χ1) is 7.74. The largest absolute Gasteiger partial charge is 0.467 e. The highest BCUT2D eigenvalue weighted by Crippen LogP contribution is 2.26. The second kappa shape index (κ2) is 5.25. The van der Waals surface area contributed by atoms with E-state index < -0.39 is 23.7 Å². The highest BCUT2D eigenvalue weighted by atomic mass is 79.9. The number of halogens is 1. The smallest absolute Gasteiger partial charge is 0.411 e. The summed E-state index contributed by atoms with van der Waals surface area (Å²) >= 11 is 3.41. The Hall–Kier alpha value is -0.780. The molecule has 0 radical (unpaired) electrons. The van der Waals surface area contributed by atoms with Crippen molar-refractivity contribution >= 4 is 28.0 Å². The third-order valence-electron chi connectivity index (χ3n) is 2.35. The van der Waals surface area contributed by atoms with E-state index in [1.54, 1.807) is 20.8 Å². The molecule has 1 heterocycles. The van der Waals surface area contributed by atoms with Crippen molar-refractivity contribution < 1.29 is 19.1 Å². The average molecular weight is 308 g/mol. The van der Waals surface area contributed by atoms with Crippen molar-refractivity contribution in [2.75, 3.05) is 13.7 Å². The Bertz CT molecular complexity index is 313. The predicted molar refractivity (Wildman–Crippen MR) is 66.1 cm³/mol. The maximum Gasteiger partial charge on any atom is 0.411 e. The maximum absolute atomic E-state index is 11.9. The SMILES string of the molecule is COC(=O)[C@H]1C[C@H](Br)CN1C(=O)OC(C)(C)C. The zero-order valence-corrected chi connectivity index (χ0v) is 12.1. The average Bonchev–Trinajstić information content (AvgIpc) is 2.56. The molecule has 0 bridgehead atoms. The lowest BCUT2D eigenvalue weighted by Crippen LogP contribution is -2.43. The van der Waals surface area contributed by atoms with E-state index in [-0.39, 0.29) is 4.83 Å². The van der Waals surface area contributed by atoms with Crippen LogP contribution in [0.4, 0.5) is 4.79 Å². The Balaban J connectivity index is 2.73. The van der Waals surface area contributed by atoms with E-state index in [0.717, 1.165) is 0 Å². The third kappa shape index (κ3) is 3.87. The van der Waals surface area contributed by atoms with E-state index in [9.17, 15) is 9.59 Å². The van der Waals surface area contributed by atoms with Crippen molar-refractivity contribution in [3.63, 3.8) is 0 Å². The molecular formula is C11H18BrNO4. The van der Waals surface area contributed by atoms with Crippen molar-refractivity contribution in [3.8, 4) is 0 Å². The zero-order chi connectivity index (χ0) is 13.2. The highest BCUT2D eigenvalue weighted by Gasteiger charge is 2.41. The third-order valence-corrected chi connectivity index (χ3v) is 3.01. The van der Waals surface area contributed by atoms with Crippen LogP contribution in [0.25, 0.3) is 0 Å². The van der Waals surface area contributed by atoms with Crippen molar-refractivity contribution in [1.29, 1.82) is 0 Å². The fraction of sp³-hybridized carbons (Fsp3) is 0.818. The molecule has 0 aromatic rings. The van der Waals surface area contributed by atoms with Gasteiger partial charge in [-0.1, -0.05) is 15.9 Å². The molecule has 2 atom stereocenters. The number of rotatable bonds is 1. The van der Waals surface area contributed by atoms with Crippen LogP contribution in [-0.4, -0.2) is 47.1 Å². The number of carbonyl (C=O) groups excluding carboxylic acids is 2. The van der Waals surface area contributed by atoms with Crippen LogP contribution in [0.2, 0.25) is 0 Å². The monoisotopic (exact) mass is 307 g/mol. The number of hydrogen-bond acceptors (Lipinski definition) is 4. The predicted octanol–water partition coefficient (Wildman–Crippen LogP) is 1.93. The standard InChI is InChI=1S/C11H18BrNO4/c1-11(2,3)17-10(15)13-6-7(12)5-8(13)9(14)16-4/h7-8H,5-6H2,1-4H3/t7-,8+/m0/s1. The molecule has 1 aliphatic heterocycles. The fourth-order valence-corrected chi connectivity index (χ4v) is 2.33. The van der Waals surface area contributed by atoms with E-state index in [4.69, 9.17) is 4.74 Å². The van der Waals surface area contributed by atoms with Crippen LogP contribution >= 0.6 is 15.9 Å². The van der Waals surface area contributed by atoms with Crippen molar-refractivity contribution in [3.05, 3.63) is 0 Å². The minimum atomic E-state index is -0.567. The molecule has 1 saturated heterocycles. The molecule has 1 amide bonds. The fourth-order valence-electron chi connectivity index (χ4n) is 1.67. The summed E-state index contributed by atoms with van der Waals surface area (Å²) in [5.74, 6) is -0.405. The first-order valence-corrected chi connectivity index (χ1v) is 6.37. The Morgan fingerprint density at radius 2 is 1.94 bits per heavy atom. The lowest BCUT2D eigenvalue weighted by Gasteiger charge is -2.27. The molecule has 17 heavy (non-hydrogen) atoms. The zero-order valence-electron chi connectivity index (χ0n) is 10.5. The number of ether oxygens (including phenoxy) is 2. The van der Waals surface area contributed by atoms with Gasteiger partial charge in [0.1, 0.15) is 11.6 Å². The Labute approximate surface area is 110 Å². The molecule has 1 aliphatic rings. The molecule has 5 nitrogen and oxygen atoms in total. The highest BCUT2D eigenvalue weighted by molar-refractivity contribution is 9.09. The number of alkyl halides is 1. The number of likely N-dealkylation sites (tertiary alicyclic amines) is 1. The molecule has 1 fully saturated rings. The van der Waals surface area contributed by atoms with Gasteiger partial charge < -0.3 is 9.47 Å². The van der Waals surface area contributed by atoms with Crippen LogP contribution in [-0.2, 0) is 14.3 Å². The maximum atomic E-state index is 11.9. The molecule has 0 aromatic heterocycles. The Morgan fingerprint density at radius 3 is 2.41 bits per heavy atom. The minimum absolute atomic E-state index is 0.0964. The summed E-state index contributed by atoms with van der Waals surface area (Å²) < 4.78 is 9.94. The summed E-state index contributed by atoms with van der Waals surface area (Å²) in [5, 5.41) is 0. The second-order valence-electron chi connectivity index (χ2n) is 5.00. The second-order valence-corrected chi connectivity index (χ2v) is 6.30. The van der Waals surface area contributed by atoms with Crippen molar-refractivity contribution in [1.82, 2.24) is 4.90 Å². The van der Waals surface area contributed by atoms with Crippen LogP contribution in [0, 0.1) is 0 Å². The minimum Gasteiger partial charge on any atom is -0.467 e. The van der Waals surface area contributed by atoms with Crippen LogP contribution in [0.5, 0.6) is 0 Å². The summed E-state index contributed by atoms with van der Waals surface area (Å²) in [6.45, 7) is 5.83. The van der Waals surface area contributed by atoms with E-state index in [1.165, 1.54) is 12.0 Å². The van der Waals surface area contributed by atoms with Crippen LogP contribution < -0.4 is 0 Å². The van der Waals surface area contributed by atoms with Gasteiger partial charge in [0.25, 0.3) is 0 Å². The van der Waals surface area contributed by atoms with Crippen molar-refractivity contribution in [2.45, 2.75) is 43.7 Å². The topological polar surface area (TPSA) is 55.8 Å². The first-order valence-electron chi connectivity index (χ1n) is 5.46. The van der Waals surface area contributed by atoms with Crippen LogP contribution in [0.15, 0.2) is 0 Å². The number of nitrogens with zero attached hydrogens (tertiary/aromatic N) is 1. The van der Waals surface area contributed by atoms with Gasteiger partial charge in [-0.15, -0.1) is 0 Å². The molecule has 98 valence electrons. The summed E-state index contributed by atoms with van der Waals surface area (Å²) in [4.78, 5) is 25.0. The van der Waals surface area contributed by atoms with E-state index in [0.29, 0.717) is 13.0 Å². The van der Waals surface area contributed by atoms with Gasteiger partial charge in [0, 0.05) is 11.4 Å². The van der Waals surface area contributed by atoms with Gasteiger partial charge in [0.15, 0.2) is 0 Å². The van der Waals surface area contributed by atoms with Gasteiger partial charge in [0.05, 0.1) is 7.11 Å². The molecule has 0 saturated carbocycles. The van der Waals surface area contributed by atoms with Gasteiger partial charge in [-0.25, -0.2) is 9.59 Å². The summed E-state index contributed by atoms with van der Waals surface area (Å²) in [6, 6.07) is -0.556. The van der Waals surface area contributed by atoms with Crippen molar-refractivity contribution in [2.24, 2.45) is 0 Å². The molecule has 1 rings (SSSR count). The Kier molecular flexibility index (Phi) is 4.41. The van der Waals surface area contributed by atoms with Gasteiger partial charge in [-0.05, 0) is 27.2 Å². The van der Waals surface area contributed by atoms with E-state index in [1.807, 2.05) is 0 Å². The van der Waals surface area contributed by atoms with Crippen LogP contribution in [0.3, 0.4) is 0 Å². The number of amides is 1. The number of carbonyl (C=O) groups is 2. The molecule has 0 unspecified atom stereocenters. The van der Waals surface area contributed by atoms with Gasteiger partial charge in [0.2, 0.25) is 0 Å². The molecule has 0 aliphatic carbocycles. The molecular weight excluding hydrogens is 290 g/mol. The number of esters is 1. The van der Waals surface area contributed by atoms with Gasteiger partial charge in [-0.2, -0.15) is 0 Å².